The number of anilines is 1. The normalized spacial score (nSPS) is 11.0. The third kappa shape index (κ3) is 3.93. The van der Waals surface area contributed by atoms with E-state index in [2.05, 4.69) is 10.6 Å². The largest absolute Gasteiger partial charge is 0.478 e. The van der Waals surface area contributed by atoms with Gasteiger partial charge in [0.15, 0.2) is 0 Å². The van der Waals surface area contributed by atoms with Crippen molar-refractivity contribution < 1.29 is 19.1 Å². The first-order valence-corrected chi connectivity index (χ1v) is 7.00. The molecule has 116 valence electrons. The molecule has 0 radical (unpaired) electrons. The van der Waals surface area contributed by atoms with E-state index < -0.39 is 23.4 Å². The van der Waals surface area contributed by atoms with Gasteiger partial charge in [0.25, 0.3) is 0 Å². The standard InChI is InChI=1S/C15H21FN2O3/c1-4-15(5-2,6-3)18-14(21)17-11-9-7-8-10(16)12(11)13(19)20/h7-9H,4-6H2,1-3H3,(H,19,20)(H2,17,18,21). The Kier molecular flexibility index (Phi) is 5.69. The summed E-state index contributed by atoms with van der Waals surface area (Å²) in [6.45, 7) is 5.91. The molecule has 0 atom stereocenters. The number of nitrogens with one attached hydrogen (secondary N) is 2. The summed E-state index contributed by atoms with van der Waals surface area (Å²) >= 11 is 0. The molecular formula is C15H21FN2O3. The maximum atomic E-state index is 13.5. The van der Waals surface area contributed by atoms with Crippen molar-refractivity contribution in [3.05, 3.63) is 29.6 Å². The molecule has 0 spiro atoms. The number of hydrogen-bond acceptors (Lipinski definition) is 2. The number of carbonyl (C=O) groups is 2. The van der Waals surface area contributed by atoms with Crippen LogP contribution in [0.5, 0.6) is 0 Å². The van der Waals surface area contributed by atoms with Gasteiger partial charge in [-0.1, -0.05) is 26.8 Å². The van der Waals surface area contributed by atoms with Crippen molar-refractivity contribution in [2.24, 2.45) is 0 Å². The zero-order valence-electron chi connectivity index (χ0n) is 12.5. The average molecular weight is 296 g/mol. The molecule has 2 amide bonds. The summed E-state index contributed by atoms with van der Waals surface area (Å²) in [5.41, 5.74) is -0.944. The Balaban J connectivity index is 2.94. The quantitative estimate of drug-likeness (QED) is 0.750. The first-order valence-electron chi connectivity index (χ1n) is 7.00. The first kappa shape index (κ1) is 16.9. The maximum Gasteiger partial charge on any atom is 0.340 e. The molecule has 3 N–H and O–H groups in total. The first-order chi connectivity index (χ1) is 9.89. The van der Waals surface area contributed by atoms with E-state index in [1.807, 2.05) is 20.8 Å². The van der Waals surface area contributed by atoms with Gasteiger partial charge in [-0.05, 0) is 31.4 Å². The number of carbonyl (C=O) groups excluding carboxylic acids is 1. The molecular weight excluding hydrogens is 275 g/mol. The number of carboxylic acid groups (broad SMARTS) is 1. The lowest BCUT2D eigenvalue weighted by Crippen LogP contribution is -2.49. The van der Waals surface area contributed by atoms with E-state index in [0.717, 1.165) is 25.3 Å². The van der Waals surface area contributed by atoms with Gasteiger partial charge >= 0.3 is 12.0 Å². The van der Waals surface area contributed by atoms with Crippen LogP contribution in [0.25, 0.3) is 0 Å². The molecule has 0 saturated carbocycles. The molecule has 0 fully saturated rings. The SMILES string of the molecule is CCC(CC)(CC)NC(=O)Nc1cccc(F)c1C(=O)O. The fourth-order valence-corrected chi connectivity index (χ4v) is 2.26. The Bertz CT molecular complexity index is 519. The van der Waals surface area contributed by atoms with Crippen LogP contribution in [-0.4, -0.2) is 22.6 Å². The van der Waals surface area contributed by atoms with Crippen molar-refractivity contribution in [3.8, 4) is 0 Å². The van der Waals surface area contributed by atoms with E-state index in [-0.39, 0.29) is 11.2 Å². The molecule has 6 heteroatoms. The molecule has 0 heterocycles. The Morgan fingerprint density at radius 2 is 1.76 bits per heavy atom. The lowest BCUT2D eigenvalue weighted by molar-refractivity contribution is 0.0693. The molecule has 0 aliphatic heterocycles. The Morgan fingerprint density at radius 3 is 2.24 bits per heavy atom. The minimum Gasteiger partial charge on any atom is -0.478 e. The van der Waals surface area contributed by atoms with E-state index in [1.165, 1.54) is 12.1 Å². The highest BCUT2D eigenvalue weighted by Gasteiger charge is 2.26. The highest BCUT2D eigenvalue weighted by molar-refractivity contribution is 6.00. The molecule has 1 aromatic rings. The third-order valence-electron chi connectivity index (χ3n) is 3.88. The summed E-state index contributed by atoms with van der Waals surface area (Å²) in [4.78, 5) is 23.1. The van der Waals surface area contributed by atoms with Gasteiger partial charge in [0, 0.05) is 5.54 Å². The smallest absolute Gasteiger partial charge is 0.340 e. The zero-order valence-corrected chi connectivity index (χ0v) is 12.5. The van der Waals surface area contributed by atoms with Crippen molar-refractivity contribution in [2.75, 3.05) is 5.32 Å². The monoisotopic (exact) mass is 296 g/mol. The number of halogens is 1. The summed E-state index contributed by atoms with van der Waals surface area (Å²) < 4.78 is 13.5. The molecule has 0 unspecified atom stereocenters. The molecule has 0 saturated heterocycles. The van der Waals surface area contributed by atoms with E-state index >= 15 is 0 Å². The minimum atomic E-state index is -1.42. The summed E-state index contributed by atoms with van der Waals surface area (Å²) in [7, 11) is 0. The second-order valence-electron chi connectivity index (χ2n) is 4.89. The minimum absolute atomic E-state index is 0.0581. The van der Waals surface area contributed by atoms with Gasteiger partial charge in [0.1, 0.15) is 11.4 Å². The van der Waals surface area contributed by atoms with E-state index in [0.29, 0.717) is 0 Å². The van der Waals surface area contributed by atoms with Crippen LogP contribution < -0.4 is 10.6 Å². The molecule has 5 nitrogen and oxygen atoms in total. The van der Waals surface area contributed by atoms with Crippen molar-refractivity contribution in [1.29, 1.82) is 0 Å². The Morgan fingerprint density at radius 1 is 1.19 bits per heavy atom. The zero-order chi connectivity index (χ0) is 16.0. The third-order valence-corrected chi connectivity index (χ3v) is 3.88. The number of carboxylic acids is 1. The summed E-state index contributed by atoms with van der Waals surface area (Å²) in [5, 5.41) is 14.3. The average Bonchev–Trinajstić information content (AvgIpc) is 2.44. The predicted octanol–water partition coefficient (Wildman–Crippen LogP) is 3.61. The number of benzene rings is 1. The van der Waals surface area contributed by atoms with Crippen molar-refractivity contribution in [1.82, 2.24) is 5.32 Å². The second-order valence-corrected chi connectivity index (χ2v) is 4.89. The van der Waals surface area contributed by atoms with Gasteiger partial charge < -0.3 is 15.7 Å². The number of rotatable bonds is 6. The molecule has 0 aliphatic rings. The molecule has 0 aromatic heterocycles. The highest BCUT2D eigenvalue weighted by atomic mass is 19.1. The van der Waals surface area contributed by atoms with Crippen LogP contribution in [0.2, 0.25) is 0 Å². The topological polar surface area (TPSA) is 78.4 Å². The van der Waals surface area contributed by atoms with Crippen molar-refractivity contribution >= 4 is 17.7 Å². The van der Waals surface area contributed by atoms with Gasteiger partial charge in [-0.15, -0.1) is 0 Å². The van der Waals surface area contributed by atoms with E-state index in [9.17, 15) is 14.0 Å². The van der Waals surface area contributed by atoms with Crippen LogP contribution in [-0.2, 0) is 0 Å². The number of aromatic carboxylic acids is 1. The maximum absolute atomic E-state index is 13.5. The lowest BCUT2D eigenvalue weighted by atomic mass is 9.90. The molecule has 21 heavy (non-hydrogen) atoms. The number of amides is 2. The predicted molar refractivity (Wildman–Crippen MR) is 79.1 cm³/mol. The molecule has 0 bridgehead atoms. The van der Waals surface area contributed by atoms with E-state index in [4.69, 9.17) is 5.11 Å². The van der Waals surface area contributed by atoms with Crippen LogP contribution in [0.4, 0.5) is 14.9 Å². The van der Waals surface area contributed by atoms with Gasteiger partial charge in [-0.2, -0.15) is 0 Å². The van der Waals surface area contributed by atoms with Crippen LogP contribution >= 0.6 is 0 Å². The van der Waals surface area contributed by atoms with Crippen molar-refractivity contribution in [3.63, 3.8) is 0 Å². The second kappa shape index (κ2) is 7.06. The molecule has 1 rings (SSSR count). The van der Waals surface area contributed by atoms with Crippen LogP contribution in [0.1, 0.15) is 50.4 Å². The Labute approximate surface area is 123 Å². The number of urea groups is 1. The highest BCUT2D eigenvalue weighted by Crippen LogP contribution is 2.21. The Hall–Kier alpha value is -2.11. The van der Waals surface area contributed by atoms with Crippen LogP contribution in [0.15, 0.2) is 18.2 Å². The van der Waals surface area contributed by atoms with Gasteiger partial charge in [0.2, 0.25) is 0 Å². The van der Waals surface area contributed by atoms with Crippen LogP contribution in [0.3, 0.4) is 0 Å². The molecule has 1 aromatic carbocycles. The lowest BCUT2D eigenvalue weighted by Gasteiger charge is -2.31. The fourth-order valence-electron chi connectivity index (χ4n) is 2.26. The van der Waals surface area contributed by atoms with E-state index in [1.54, 1.807) is 0 Å². The van der Waals surface area contributed by atoms with Crippen molar-refractivity contribution in [2.45, 2.75) is 45.6 Å². The number of hydrogen-bond donors (Lipinski definition) is 3. The summed E-state index contributed by atoms with van der Waals surface area (Å²) in [6, 6.07) is 3.22. The molecule has 0 aliphatic carbocycles. The summed E-state index contributed by atoms with van der Waals surface area (Å²) in [6.07, 6.45) is 2.26. The summed E-state index contributed by atoms with van der Waals surface area (Å²) in [5.74, 6) is -2.30. The van der Waals surface area contributed by atoms with Crippen LogP contribution in [0, 0.1) is 5.82 Å². The van der Waals surface area contributed by atoms with Gasteiger partial charge in [0.05, 0.1) is 5.69 Å². The van der Waals surface area contributed by atoms with Gasteiger partial charge in [-0.3, -0.25) is 0 Å². The van der Waals surface area contributed by atoms with Gasteiger partial charge in [-0.25, -0.2) is 14.0 Å². The fraction of sp³-hybridized carbons (Fsp3) is 0.467.